The summed E-state index contributed by atoms with van der Waals surface area (Å²) in [5.74, 6) is 0.195. The van der Waals surface area contributed by atoms with Gasteiger partial charge in [-0.25, -0.2) is 18.7 Å². The fourth-order valence-corrected chi connectivity index (χ4v) is 2.05. The van der Waals surface area contributed by atoms with Gasteiger partial charge in [0.2, 0.25) is 0 Å². The fourth-order valence-electron chi connectivity index (χ4n) is 2.05. The van der Waals surface area contributed by atoms with Crippen LogP contribution in [0.15, 0.2) is 42.5 Å². The maximum atomic E-state index is 13.3. The average Bonchev–Trinajstić information content (AvgIpc) is 2.45. The van der Waals surface area contributed by atoms with Crippen molar-refractivity contribution in [2.24, 2.45) is 0 Å². The first kappa shape index (κ1) is 12.5. The molecule has 0 amide bonds. The average molecular weight is 271 g/mol. The molecule has 3 nitrogen and oxygen atoms in total. The Labute approximate surface area is 114 Å². The Balaban J connectivity index is 2.26. The molecule has 3 rings (SSSR count). The molecule has 1 N–H and O–H groups in total. The number of hydrogen-bond donors (Lipinski definition) is 1. The van der Waals surface area contributed by atoms with Crippen LogP contribution in [0.25, 0.3) is 22.3 Å². The first-order valence-electron chi connectivity index (χ1n) is 6.08. The van der Waals surface area contributed by atoms with E-state index in [1.807, 2.05) is 0 Å². The van der Waals surface area contributed by atoms with E-state index in [-0.39, 0.29) is 11.6 Å². The second-order valence-electron chi connectivity index (χ2n) is 4.32. The van der Waals surface area contributed by atoms with Crippen molar-refractivity contribution in [3.8, 4) is 11.4 Å². The van der Waals surface area contributed by atoms with Gasteiger partial charge in [0, 0.05) is 24.1 Å². The summed E-state index contributed by atoms with van der Waals surface area (Å²) in [6.07, 6.45) is 0. The van der Waals surface area contributed by atoms with Gasteiger partial charge in [-0.2, -0.15) is 0 Å². The van der Waals surface area contributed by atoms with Gasteiger partial charge in [0.05, 0.1) is 5.52 Å². The van der Waals surface area contributed by atoms with Gasteiger partial charge in [0.15, 0.2) is 5.82 Å². The Morgan fingerprint density at radius 3 is 2.50 bits per heavy atom. The third kappa shape index (κ3) is 2.18. The molecule has 3 aromatic rings. The molecule has 0 fully saturated rings. The SMILES string of the molecule is CNc1nc(-c2cccc(F)c2)nc2cc(F)ccc12. The molecule has 0 unspecified atom stereocenters. The van der Waals surface area contributed by atoms with Crippen LogP contribution in [0.1, 0.15) is 0 Å². The molecule has 0 spiro atoms. The van der Waals surface area contributed by atoms with Crippen LogP contribution in [0.4, 0.5) is 14.6 Å². The van der Waals surface area contributed by atoms with Crippen LogP contribution in [0.5, 0.6) is 0 Å². The van der Waals surface area contributed by atoms with Crippen molar-refractivity contribution >= 4 is 16.7 Å². The van der Waals surface area contributed by atoms with Crippen LogP contribution in [0.2, 0.25) is 0 Å². The summed E-state index contributed by atoms with van der Waals surface area (Å²) in [6, 6.07) is 10.3. The summed E-state index contributed by atoms with van der Waals surface area (Å²) in [5, 5.41) is 3.66. The van der Waals surface area contributed by atoms with Gasteiger partial charge in [0.25, 0.3) is 0 Å². The van der Waals surface area contributed by atoms with Crippen molar-refractivity contribution in [1.29, 1.82) is 0 Å². The van der Waals surface area contributed by atoms with E-state index < -0.39 is 0 Å². The van der Waals surface area contributed by atoms with Crippen LogP contribution in [0.3, 0.4) is 0 Å². The fraction of sp³-hybridized carbons (Fsp3) is 0.0667. The van der Waals surface area contributed by atoms with Gasteiger partial charge < -0.3 is 5.32 Å². The number of fused-ring (bicyclic) bond motifs is 1. The highest BCUT2D eigenvalue weighted by molar-refractivity contribution is 5.90. The highest BCUT2D eigenvalue weighted by Crippen LogP contribution is 2.25. The molecule has 0 radical (unpaired) electrons. The highest BCUT2D eigenvalue weighted by Gasteiger charge is 2.09. The zero-order valence-corrected chi connectivity index (χ0v) is 10.7. The van der Waals surface area contributed by atoms with Gasteiger partial charge >= 0.3 is 0 Å². The van der Waals surface area contributed by atoms with E-state index in [2.05, 4.69) is 15.3 Å². The maximum absolute atomic E-state index is 13.3. The van der Waals surface area contributed by atoms with E-state index >= 15 is 0 Å². The van der Waals surface area contributed by atoms with Gasteiger partial charge in [0.1, 0.15) is 17.5 Å². The number of nitrogens with zero attached hydrogens (tertiary/aromatic N) is 2. The van der Waals surface area contributed by atoms with Gasteiger partial charge in [-0.05, 0) is 24.3 Å². The number of hydrogen-bond acceptors (Lipinski definition) is 3. The van der Waals surface area contributed by atoms with E-state index in [0.29, 0.717) is 28.1 Å². The lowest BCUT2D eigenvalue weighted by Crippen LogP contribution is -1.99. The summed E-state index contributed by atoms with van der Waals surface area (Å²) >= 11 is 0. The van der Waals surface area contributed by atoms with Crippen molar-refractivity contribution in [2.45, 2.75) is 0 Å². The second-order valence-corrected chi connectivity index (χ2v) is 4.32. The van der Waals surface area contributed by atoms with Crippen LogP contribution in [-0.2, 0) is 0 Å². The highest BCUT2D eigenvalue weighted by atomic mass is 19.1. The molecule has 0 aliphatic carbocycles. The van der Waals surface area contributed by atoms with Crippen molar-refractivity contribution < 1.29 is 8.78 Å². The lowest BCUT2D eigenvalue weighted by Gasteiger charge is -2.08. The molecular weight excluding hydrogens is 260 g/mol. The van der Waals surface area contributed by atoms with Crippen LogP contribution >= 0.6 is 0 Å². The van der Waals surface area contributed by atoms with Crippen LogP contribution in [-0.4, -0.2) is 17.0 Å². The topological polar surface area (TPSA) is 37.8 Å². The number of halogens is 2. The molecule has 1 heterocycles. The number of anilines is 1. The lowest BCUT2D eigenvalue weighted by atomic mass is 10.1. The van der Waals surface area contributed by atoms with E-state index in [9.17, 15) is 8.78 Å². The predicted molar refractivity (Wildman–Crippen MR) is 74.4 cm³/mol. The van der Waals surface area contributed by atoms with Crippen LogP contribution in [0, 0.1) is 11.6 Å². The minimum Gasteiger partial charge on any atom is -0.373 e. The Kier molecular flexibility index (Phi) is 3.02. The van der Waals surface area contributed by atoms with Crippen molar-refractivity contribution in [3.05, 3.63) is 54.1 Å². The zero-order chi connectivity index (χ0) is 14.1. The first-order valence-corrected chi connectivity index (χ1v) is 6.08. The molecule has 2 aromatic carbocycles. The zero-order valence-electron chi connectivity index (χ0n) is 10.7. The van der Waals surface area contributed by atoms with E-state index in [1.165, 1.54) is 24.3 Å². The smallest absolute Gasteiger partial charge is 0.162 e. The van der Waals surface area contributed by atoms with Crippen molar-refractivity contribution in [3.63, 3.8) is 0 Å². The number of aromatic nitrogens is 2. The molecule has 20 heavy (non-hydrogen) atoms. The Morgan fingerprint density at radius 2 is 1.75 bits per heavy atom. The molecule has 0 saturated carbocycles. The molecule has 0 bridgehead atoms. The Bertz CT molecular complexity index is 787. The molecule has 1 aromatic heterocycles. The Hall–Kier alpha value is -2.56. The minimum atomic E-state index is -0.372. The summed E-state index contributed by atoms with van der Waals surface area (Å²) in [6.45, 7) is 0. The number of benzene rings is 2. The molecule has 5 heteroatoms. The third-order valence-electron chi connectivity index (χ3n) is 2.98. The largest absolute Gasteiger partial charge is 0.373 e. The molecule has 0 aliphatic rings. The third-order valence-corrected chi connectivity index (χ3v) is 2.98. The molecule has 0 saturated heterocycles. The lowest BCUT2D eigenvalue weighted by molar-refractivity contribution is 0.627. The predicted octanol–water partition coefficient (Wildman–Crippen LogP) is 3.62. The monoisotopic (exact) mass is 271 g/mol. The first-order chi connectivity index (χ1) is 9.67. The quantitative estimate of drug-likeness (QED) is 0.773. The number of nitrogens with one attached hydrogen (secondary N) is 1. The Morgan fingerprint density at radius 1 is 0.950 bits per heavy atom. The second kappa shape index (κ2) is 4.85. The van der Waals surface area contributed by atoms with Gasteiger partial charge in [-0.15, -0.1) is 0 Å². The minimum absolute atomic E-state index is 0.354. The van der Waals surface area contributed by atoms with Gasteiger partial charge in [-0.1, -0.05) is 12.1 Å². The summed E-state index contributed by atoms with van der Waals surface area (Å²) < 4.78 is 26.6. The van der Waals surface area contributed by atoms with Gasteiger partial charge in [-0.3, -0.25) is 0 Å². The van der Waals surface area contributed by atoms with Crippen molar-refractivity contribution in [2.75, 3.05) is 12.4 Å². The normalized spacial score (nSPS) is 10.8. The van der Waals surface area contributed by atoms with E-state index in [1.54, 1.807) is 25.2 Å². The molecular formula is C15H11F2N3. The summed E-state index contributed by atoms with van der Waals surface area (Å²) in [4.78, 5) is 8.65. The maximum Gasteiger partial charge on any atom is 0.162 e. The molecule has 0 atom stereocenters. The van der Waals surface area contributed by atoms with Crippen LogP contribution < -0.4 is 5.32 Å². The van der Waals surface area contributed by atoms with E-state index in [0.717, 1.165) is 0 Å². The van der Waals surface area contributed by atoms with Crippen molar-refractivity contribution in [1.82, 2.24) is 9.97 Å². The standard InChI is InChI=1S/C15H11F2N3/c1-18-15-12-6-5-11(17)8-13(12)19-14(20-15)9-3-2-4-10(16)7-9/h2-8H,1H3,(H,18,19,20). The summed E-state index contributed by atoms with van der Waals surface area (Å²) in [7, 11) is 1.72. The molecule has 0 aliphatic heterocycles. The van der Waals surface area contributed by atoms with E-state index in [4.69, 9.17) is 0 Å². The number of rotatable bonds is 2. The molecule has 100 valence electrons. The summed E-state index contributed by atoms with van der Waals surface area (Å²) in [5.41, 5.74) is 1.02.